The maximum Gasteiger partial charge on any atom is 0.363 e. The predicted octanol–water partition coefficient (Wildman–Crippen LogP) is 7.17. The highest BCUT2D eigenvalue weighted by molar-refractivity contribution is 6.76. The molecule has 208 valence electrons. The number of rotatable bonds is 11. The van der Waals surface area contributed by atoms with Crippen LogP contribution in [0.5, 0.6) is 0 Å². The van der Waals surface area contributed by atoms with Gasteiger partial charge in [-0.1, -0.05) is 59.2 Å². The summed E-state index contributed by atoms with van der Waals surface area (Å²) in [5.41, 5.74) is 2.29. The van der Waals surface area contributed by atoms with Crippen molar-refractivity contribution in [2.75, 3.05) is 24.6 Å². The summed E-state index contributed by atoms with van der Waals surface area (Å²) >= 11 is 13.0. The number of aromatic nitrogens is 4. The molecule has 3 aromatic rings. The molecule has 9 nitrogen and oxygen atoms in total. The molecule has 0 N–H and O–H groups in total. The monoisotopic (exact) mass is 588 g/mol. The number of benzene rings is 1. The predicted molar refractivity (Wildman–Crippen MR) is 154 cm³/mol. The average Bonchev–Trinajstić information content (AvgIpc) is 3.53. The number of anilines is 1. The molecule has 0 unspecified atom stereocenters. The molecule has 0 spiro atoms. The number of piperidine rings is 1. The van der Waals surface area contributed by atoms with Crippen LogP contribution in [0, 0.1) is 6.57 Å². The third-order valence-corrected chi connectivity index (χ3v) is 9.44. The molecule has 1 saturated carbocycles. The maximum absolute atomic E-state index is 7.49. The molecule has 1 aliphatic heterocycles. The van der Waals surface area contributed by atoms with E-state index in [9.17, 15) is 0 Å². The van der Waals surface area contributed by atoms with Crippen molar-refractivity contribution in [2.24, 2.45) is 0 Å². The molecule has 0 radical (unpaired) electrons. The first-order valence-electron chi connectivity index (χ1n) is 13.4. The largest absolute Gasteiger partial charge is 0.395 e. The molecule has 2 aromatic heterocycles. The quantitative estimate of drug-likeness (QED) is 0.133. The van der Waals surface area contributed by atoms with Crippen LogP contribution in [0.3, 0.4) is 0 Å². The van der Waals surface area contributed by atoms with E-state index in [1.807, 2.05) is 18.2 Å². The van der Waals surface area contributed by atoms with Gasteiger partial charge in [0.05, 0.1) is 22.8 Å². The van der Waals surface area contributed by atoms with Gasteiger partial charge in [0.15, 0.2) is 6.73 Å². The third-order valence-electron chi connectivity index (χ3n) is 7.11. The molecule has 1 aliphatic carbocycles. The molecule has 12 heteroatoms. The molecule has 0 atom stereocenters. The average molecular weight is 590 g/mol. The lowest BCUT2D eigenvalue weighted by molar-refractivity contribution is 0.0244. The molecule has 1 aromatic carbocycles. The van der Waals surface area contributed by atoms with Crippen LogP contribution in [0.15, 0.2) is 22.7 Å². The zero-order valence-corrected chi connectivity index (χ0v) is 25.1. The summed E-state index contributed by atoms with van der Waals surface area (Å²) in [6, 6.07) is 6.51. The fourth-order valence-corrected chi connectivity index (χ4v) is 5.96. The molecule has 39 heavy (non-hydrogen) atoms. The number of nitrogens with zero attached hydrogens (tertiary/aromatic N) is 6. The van der Waals surface area contributed by atoms with E-state index >= 15 is 0 Å². The van der Waals surface area contributed by atoms with Gasteiger partial charge < -0.3 is 23.7 Å². The minimum Gasteiger partial charge on any atom is -0.395 e. The van der Waals surface area contributed by atoms with E-state index in [1.54, 1.807) is 4.68 Å². The van der Waals surface area contributed by atoms with Crippen molar-refractivity contribution in [3.05, 3.63) is 51.0 Å². The summed E-state index contributed by atoms with van der Waals surface area (Å²) in [6.07, 6.45) is 3.89. The summed E-state index contributed by atoms with van der Waals surface area (Å²) in [5, 5.41) is 10.0. The fourth-order valence-electron chi connectivity index (χ4n) is 4.63. The summed E-state index contributed by atoms with van der Waals surface area (Å²) in [7, 11) is -1.17. The first kappa shape index (κ1) is 28.1. The summed E-state index contributed by atoms with van der Waals surface area (Å²) in [6.45, 7) is 17.2. The van der Waals surface area contributed by atoms with Crippen LogP contribution >= 0.6 is 23.2 Å². The van der Waals surface area contributed by atoms with Gasteiger partial charge in [-0.3, -0.25) is 0 Å². The summed E-state index contributed by atoms with van der Waals surface area (Å²) < 4.78 is 19.5. The summed E-state index contributed by atoms with van der Waals surface area (Å²) in [4.78, 5) is 10.1. The smallest absolute Gasteiger partial charge is 0.363 e. The van der Waals surface area contributed by atoms with Crippen LogP contribution in [0.4, 0.5) is 11.9 Å². The van der Waals surface area contributed by atoms with E-state index in [-0.39, 0.29) is 18.8 Å². The minimum absolute atomic E-state index is 0.0742. The number of halogens is 2. The van der Waals surface area contributed by atoms with Gasteiger partial charge in [0.1, 0.15) is 11.5 Å². The van der Waals surface area contributed by atoms with E-state index in [4.69, 9.17) is 43.8 Å². The van der Waals surface area contributed by atoms with Gasteiger partial charge in [0.25, 0.3) is 0 Å². The Labute approximate surface area is 240 Å². The van der Waals surface area contributed by atoms with Gasteiger partial charge in [-0.2, -0.15) is 4.68 Å². The molecular weight excluding hydrogens is 555 g/mol. The Morgan fingerprint density at radius 3 is 2.49 bits per heavy atom. The topological polar surface area (TPSA) is 82.8 Å². The van der Waals surface area contributed by atoms with Crippen molar-refractivity contribution in [3.63, 3.8) is 0 Å². The maximum atomic E-state index is 7.49. The Morgan fingerprint density at radius 2 is 1.85 bits per heavy atom. The standard InChI is InChI=1S/C27H34Cl2N6O3Si/c1-30-26-31-27(32-35(26)17-36-14-15-39(2,3)4)34-12-10-19(11-13-34)37-16-20-24(33-38-25(20)18-8-9-18)23-21(28)6-5-7-22(23)29/h5-7,18-19H,8-17H2,2-4H3. The molecule has 5 rings (SSSR count). The number of ether oxygens (including phenoxy) is 2. The van der Waals surface area contributed by atoms with Gasteiger partial charge in [-0.15, -0.1) is 11.6 Å². The van der Waals surface area contributed by atoms with E-state index in [2.05, 4.69) is 44.6 Å². The lowest BCUT2D eigenvalue weighted by atomic mass is 10.0. The van der Waals surface area contributed by atoms with E-state index in [1.165, 1.54) is 0 Å². The Kier molecular flexibility index (Phi) is 8.64. The van der Waals surface area contributed by atoms with Gasteiger partial charge in [-0.05, 0) is 43.9 Å². The number of hydrogen-bond acceptors (Lipinski definition) is 7. The van der Waals surface area contributed by atoms with Gasteiger partial charge in [0.2, 0.25) is 0 Å². The Hall–Kier alpha value is -2.42. The molecule has 2 fully saturated rings. The van der Waals surface area contributed by atoms with Crippen molar-refractivity contribution in [1.82, 2.24) is 19.9 Å². The van der Waals surface area contributed by atoms with Crippen LogP contribution in [0.1, 0.15) is 42.9 Å². The Bertz CT molecular complexity index is 1320. The zero-order valence-electron chi connectivity index (χ0n) is 22.6. The fraction of sp³-hybridized carbons (Fsp3) is 0.556. The Morgan fingerprint density at radius 1 is 1.13 bits per heavy atom. The highest BCUT2D eigenvalue weighted by Gasteiger charge is 2.34. The van der Waals surface area contributed by atoms with Crippen molar-refractivity contribution in [1.29, 1.82) is 0 Å². The van der Waals surface area contributed by atoms with Gasteiger partial charge in [0, 0.05) is 44.8 Å². The molecule has 1 saturated heterocycles. The van der Waals surface area contributed by atoms with Gasteiger partial charge in [-0.25, -0.2) is 0 Å². The zero-order chi connectivity index (χ0) is 27.6. The lowest BCUT2D eigenvalue weighted by Crippen LogP contribution is -2.37. The minimum atomic E-state index is -1.17. The Balaban J connectivity index is 1.19. The van der Waals surface area contributed by atoms with Crippen LogP contribution in [-0.2, 0) is 22.8 Å². The van der Waals surface area contributed by atoms with Crippen molar-refractivity contribution < 1.29 is 14.0 Å². The van der Waals surface area contributed by atoms with Crippen molar-refractivity contribution >= 4 is 43.2 Å². The highest BCUT2D eigenvalue weighted by Crippen LogP contribution is 2.46. The SMILES string of the molecule is [C-]#[N+]c1nc(N2CCC(OCc3c(-c4c(Cl)cccc4Cl)noc3C3CC3)CC2)nn1COCC[Si](C)(C)C. The van der Waals surface area contributed by atoms with Crippen LogP contribution in [0.2, 0.25) is 35.7 Å². The summed E-state index contributed by atoms with van der Waals surface area (Å²) in [5.74, 6) is 2.08. The normalized spacial score (nSPS) is 16.6. The first-order chi connectivity index (χ1) is 18.7. The van der Waals surface area contributed by atoms with Crippen LogP contribution in [0.25, 0.3) is 16.1 Å². The molecule has 0 amide bonds. The van der Waals surface area contributed by atoms with E-state index in [0.717, 1.165) is 56.1 Å². The van der Waals surface area contributed by atoms with Crippen molar-refractivity contribution in [2.45, 2.75) is 76.7 Å². The van der Waals surface area contributed by atoms with E-state index < -0.39 is 8.07 Å². The molecule has 3 heterocycles. The second-order valence-electron chi connectivity index (χ2n) is 11.4. The molecular formula is C27H34Cl2N6O3Si. The van der Waals surface area contributed by atoms with E-state index in [0.29, 0.717) is 46.4 Å². The van der Waals surface area contributed by atoms with Gasteiger partial charge >= 0.3 is 11.9 Å². The molecule has 0 bridgehead atoms. The van der Waals surface area contributed by atoms with Crippen LogP contribution in [-0.4, -0.2) is 53.8 Å². The second kappa shape index (κ2) is 12.0. The van der Waals surface area contributed by atoms with Crippen LogP contribution < -0.4 is 4.90 Å². The third kappa shape index (κ3) is 6.84. The second-order valence-corrected chi connectivity index (χ2v) is 17.8. The highest BCUT2D eigenvalue weighted by atomic mass is 35.5. The van der Waals surface area contributed by atoms with Crippen molar-refractivity contribution in [3.8, 4) is 11.3 Å². The number of hydrogen-bond donors (Lipinski definition) is 0. The lowest BCUT2D eigenvalue weighted by Gasteiger charge is -2.30. The molecule has 2 aliphatic rings. The first-order valence-corrected chi connectivity index (χ1v) is 17.9.